The van der Waals surface area contributed by atoms with Crippen LogP contribution in [0.2, 0.25) is 5.02 Å². The van der Waals surface area contributed by atoms with E-state index < -0.39 is 6.03 Å². The molecular weight excluding hydrogens is 522 g/mol. The molecule has 2 amide bonds. The van der Waals surface area contributed by atoms with Gasteiger partial charge in [-0.25, -0.2) is 19.4 Å². The number of hydrogen-bond acceptors (Lipinski definition) is 7. The molecule has 2 aromatic carbocycles. The fourth-order valence-electron chi connectivity index (χ4n) is 3.55. The van der Waals surface area contributed by atoms with Crippen LogP contribution in [0.3, 0.4) is 0 Å². The molecule has 0 fully saturated rings. The maximum Gasteiger partial charge on any atom is 0.323 e. The molecule has 38 heavy (non-hydrogen) atoms. The van der Waals surface area contributed by atoms with Crippen LogP contribution < -0.4 is 20.7 Å². The average Bonchev–Trinajstić information content (AvgIpc) is 3.62. The van der Waals surface area contributed by atoms with Crippen LogP contribution in [0.15, 0.2) is 85.5 Å². The van der Waals surface area contributed by atoms with E-state index in [-0.39, 0.29) is 0 Å². The molecule has 0 spiro atoms. The number of ether oxygens (including phenoxy) is 1. The number of nitrogens with zero attached hydrogens (tertiary/aromatic N) is 4. The van der Waals surface area contributed by atoms with Gasteiger partial charge in [0.05, 0.1) is 28.1 Å². The molecule has 0 radical (unpaired) electrons. The zero-order chi connectivity index (χ0) is 26.3. The Kier molecular flexibility index (Phi) is 7.81. The predicted molar refractivity (Wildman–Crippen MR) is 152 cm³/mol. The summed E-state index contributed by atoms with van der Waals surface area (Å²) in [7, 11) is 0. The first kappa shape index (κ1) is 25.2. The monoisotopic (exact) mass is 545 g/mol. The Morgan fingerprint density at radius 3 is 2.66 bits per heavy atom. The number of carbonyl (C=O) groups excluding carboxylic acids is 1. The van der Waals surface area contributed by atoms with Crippen molar-refractivity contribution in [3.8, 4) is 27.8 Å². The summed E-state index contributed by atoms with van der Waals surface area (Å²) in [6.45, 7) is 3.03. The number of aromatic nitrogens is 4. The number of anilines is 3. The van der Waals surface area contributed by atoms with E-state index in [0.717, 1.165) is 28.5 Å². The molecule has 3 N–H and O–H groups in total. The molecule has 0 aliphatic heterocycles. The number of hydrogen-bond donors (Lipinski definition) is 3. The summed E-state index contributed by atoms with van der Waals surface area (Å²) in [5.74, 6) is 1.06. The Bertz CT molecular complexity index is 1500. The first-order valence-electron chi connectivity index (χ1n) is 11.9. The number of rotatable bonds is 9. The van der Waals surface area contributed by atoms with E-state index >= 15 is 0 Å². The lowest BCUT2D eigenvalue weighted by Crippen LogP contribution is -2.20. The van der Waals surface area contributed by atoms with Gasteiger partial charge in [0.25, 0.3) is 0 Å². The number of nitrogens with one attached hydrogen (secondary N) is 3. The van der Waals surface area contributed by atoms with E-state index in [1.54, 1.807) is 64.8 Å². The molecule has 0 unspecified atom stereocenters. The van der Waals surface area contributed by atoms with Crippen molar-refractivity contribution in [1.29, 1.82) is 0 Å². The van der Waals surface area contributed by atoms with Gasteiger partial charge in [-0.1, -0.05) is 29.9 Å². The number of benzene rings is 2. The van der Waals surface area contributed by atoms with E-state index in [1.807, 2.05) is 30.5 Å². The van der Waals surface area contributed by atoms with Crippen LogP contribution >= 0.6 is 22.9 Å². The van der Waals surface area contributed by atoms with Gasteiger partial charge < -0.3 is 20.7 Å². The van der Waals surface area contributed by atoms with Gasteiger partial charge in [-0.05, 0) is 66.6 Å². The summed E-state index contributed by atoms with van der Waals surface area (Å²) in [6, 6.07) is 17.7. The molecule has 0 saturated heterocycles. The third-order valence-electron chi connectivity index (χ3n) is 5.35. The van der Waals surface area contributed by atoms with Crippen LogP contribution in [-0.2, 0) is 0 Å². The highest BCUT2D eigenvalue weighted by atomic mass is 35.5. The van der Waals surface area contributed by atoms with Crippen molar-refractivity contribution in [3.05, 3.63) is 90.5 Å². The highest BCUT2D eigenvalue weighted by Gasteiger charge is 2.11. The Morgan fingerprint density at radius 2 is 1.92 bits per heavy atom. The van der Waals surface area contributed by atoms with Crippen LogP contribution in [0.5, 0.6) is 11.6 Å². The van der Waals surface area contributed by atoms with Crippen molar-refractivity contribution in [3.63, 3.8) is 0 Å². The molecule has 11 heteroatoms. The fraction of sp³-hybridized carbons (Fsp3) is 0.111. The molecule has 5 aromatic rings. The highest BCUT2D eigenvalue weighted by molar-refractivity contribution is 7.18. The molecule has 0 aliphatic carbocycles. The van der Waals surface area contributed by atoms with Crippen LogP contribution in [-0.4, -0.2) is 32.3 Å². The van der Waals surface area contributed by atoms with Gasteiger partial charge in [-0.2, -0.15) is 5.10 Å². The number of carbonyl (C=O) groups is 1. The van der Waals surface area contributed by atoms with Crippen LogP contribution in [0, 0.1) is 0 Å². The Morgan fingerprint density at radius 1 is 1.05 bits per heavy atom. The van der Waals surface area contributed by atoms with E-state index in [9.17, 15) is 4.79 Å². The van der Waals surface area contributed by atoms with E-state index in [2.05, 4.69) is 37.9 Å². The minimum atomic E-state index is -0.442. The topological polar surface area (TPSA) is 106 Å². The third kappa shape index (κ3) is 6.28. The number of thiazole rings is 1. The van der Waals surface area contributed by atoms with Crippen molar-refractivity contribution in [1.82, 2.24) is 19.7 Å². The standard InChI is InChI=1S/C27H24ClN7O2S/c1-2-12-29-27-31-17-24(38-27)18-4-8-21(9-5-18)37-25-11-7-20(16-30-25)33-26(36)34-22-15-19(28)6-10-23(22)35-14-3-13-32-35/h3-11,13-17H,2,12H2,1H3,(H,29,31)(H2,33,34,36). The molecule has 9 nitrogen and oxygen atoms in total. The highest BCUT2D eigenvalue weighted by Crippen LogP contribution is 2.31. The summed E-state index contributed by atoms with van der Waals surface area (Å²) in [6.07, 6.45) is 7.88. The smallest absolute Gasteiger partial charge is 0.323 e. The number of pyridine rings is 1. The lowest BCUT2D eigenvalue weighted by atomic mass is 10.2. The van der Waals surface area contributed by atoms with Gasteiger partial charge in [-0.3, -0.25) is 0 Å². The van der Waals surface area contributed by atoms with Gasteiger partial charge in [0, 0.05) is 36.2 Å². The maximum absolute atomic E-state index is 12.6. The van der Waals surface area contributed by atoms with Crippen LogP contribution in [0.4, 0.5) is 21.3 Å². The van der Waals surface area contributed by atoms with Crippen molar-refractivity contribution in [2.75, 3.05) is 22.5 Å². The van der Waals surface area contributed by atoms with Gasteiger partial charge in [0.15, 0.2) is 5.13 Å². The summed E-state index contributed by atoms with van der Waals surface area (Å²) in [4.78, 5) is 22.4. The van der Waals surface area contributed by atoms with Crippen molar-refractivity contribution >= 4 is 45.5 Å². The predicted octanol–water partition coefficient (Wildman–Crippen LogP) is 7.30. The molecule has 3 heterocycles. The normalized spacial score (nSPS) is 10.7. The van der Waals surface area contributed by atoms with Gasteiger partial charge in [-0.15, -0.1) is 0 Å². The second kappa shape index (κ2) is 11.8. The minimum absolute atomic E-state index is 0.406. The first-order valence-corrected chi connectivity index (χ1v) is 13.1. The molecule has 5 rings (SSSR count). The lowest BCUT2D eigenvalue weighted by Gasteiger charge is -2.13. The zero-order valence-electron chi connectivity index (χ0n) is 20.4. The van der Waals surface area contributed by atoms with Crippen molar-refractivity contribution in [2.45, 2.75) is 13.3 Å². The molecular formula is C27H24ClN7O2S. The van der Waals surface area contributed by atoms with Crippen molar-refractivity contribution in [2.24, 2.45) is 0 Å². The van der Waals surface area contributed by atoms with Gasteiger partial charge in [0.1, 0.15) is 5.75 Å². The van der Waals surface area contributed by atoms with Crippen LogP contribution in [0.1, 0.15) is 13.3 Å². The molecule has 0 aliphatic rings. The number of halogens is 1. The quantitative estimate of drug-likeness (QED) is 0.179. The van der Waals surface area contributed by atoms with Crippen LogP contribution in [0.25, 0.3) is 16.1 Å². The summed E-state index contributed by atoms with van der Waals surface area (Å²) in [5, 5.41) is 14.5. The largest absolute Gasteiger partial charge is 0.439 e. The van der Waals surface area contributed by atoms with Crippen molar-refractivity contribution < 1.29 is 9.53 Å². The molecule has 0 bridgehead atoms. The zero-order valence-corrected chi connectivity index (χ0v) is 22.0. The summed E-state index contributed by atoms with van der Waals surface area (Å²) in [5.41, 5.74) is 2.77. The van der Waals surface area contributed by atoms with Gasteiger partial charge >= 0.3 is 6.03 Å². The second-order valence-corrected chi connectivity index (χ2v) is 9.63. The van der Waals surface area contributed by atoms with Gasteiger partial charge in [0.2, 0.25) is 5.88 Å². The molecule has 192 valence electrons. The second-order valence-electron chi connectivity index (χ2n) is 8.16. The summed E-state index contributed by atoms with van der Waals surface area (Å²) < 4.78 is 7.51. The molecule has 0 saturated carbocycles. The minimum Gasteiger partial charge on any atom is -0.439 e. The SMILES string of the molecule is CCCNc1ncc(-c2ccc(Oc3ccc(NC(=O)Nc4cc(Cl)ccc4-n4cccn4)cn3)cc2)s1. The number of urea groups is 1. The van der Waals surface area contributed by atoms with E-state index in [4.69, 9.17) is 16.3 Å². The molecule has 3 aromatic heterocycles. The fourth-order valence-corrected chi connectivity index (χ4v) is 4.57. The third-order valence-corrected chi connectivity index (χ3v) is 6.58. The average molecular weight is 546 g/mol. The first-order chi connectivity index (χ1) is 18.6. The maximum atomic E-state index is 12.6. The van der Waals surface area contributed by atoms with E-state index in [1.165, 1.54) is 6.20 Å². The Hall–Kier alpha value is -4.41. The Labute approximate surface area is 228 Å². The molecule has 0 atom stereocenters. The Balaban J connectivity index is 1.18. The lowest BCUT2D eigenvalue weighted by molar-refractivity contribution is 0.262. The van der Waals surface area contributed by atoms with E-state index in [0.29, 0.717) is 33.7 Å². The number of amides is 2. The summed E-state index contributed by atoms with van der Waals surface area (Å²) >= 11 is 7.75.